The maximum atomic E-state index is 14.7. The second kappa shape index (κ2) is 12.3. The van der Waals surface area contributed by atoms with Crippen LogP contribution in [-0.4, -0.2) is 76.3 Å². The number of rotatable bonds is 10. The van der Waals surface area contributed by atoms with Crippen LogP contribution in [0, 0.1) is 0 Å². The maximum Gasteiger partial charge on any atom is 0.413 e. The quantitative estimate of drug-likeness (QED) is 0.106. The van der Waals surface area contributed by atoms with Crippen molar-refractivity contribution in [1.82, 2.24) is 0 Å². The first-order valence-electron chi connectivity index (χ1n) is 9.32. The molecule has 0 amide bonds. The molecule has 194 valence electrons. The summed E-state index contributed by atoms with van der Waals surface area (Å²) in [4.78, 5) is 26.8. The Morgan fingerprint density at radius 2 is 1.80 bits per heavy atom. The molecular formula is C17H16ClF4N3O9S. The Kier molecular flexibility index (Phi) is 10.1. The summed E-state index contributed by atoms with van der Waals surface area (Å²) in [6.07, 6.45) is -13.2. The van der Waals surface area contributed by atoms with E-state index in [2.05, 4.69) is 18.4 Å². The zero-order chi connectivity index (χ0) is 26.2. The lowest BCUT2D eigenvalue weighted by molar-refractivity contribution is -0.231. The number of alkyl halides is 5. The number of carbonyl (C=O) groups excluding carboxylic acids is 2. The zero-order valence-electron chi connectivity index (χ0n) is 17.2. The largest absolute Gasteiger partial charge is 0.455 e. The molecule has 1 aliphatic rings. The molecule has 2 rings (SSSR count). The van der Waals surface area contributed by atoms with Gasteiger partial charge in [-0.2, -0.15) is 21.6 Å². The van der Waals surface area contributed by atoms with Gasteiger partial charge in [0.25, 0.3) is 0 Å². The van der Waals surface area contributed by atoms with Crippen molar-refractivity contribution >= 4 is 33.9 Å². The van der Waals surface area contributed by atoms with Crippen LogP contribution in [0.1, 0.15) is 10.4 Å². The smallest absolute Gasteiger partial charge is 0.413 e. The zero-order valence-corrected chi connectivity index (χ0v) is 18.8. The molecule has 0 N–H and O–H groups in total. The fourth-order valence-corrected chi connectivity index (χ4v) is 3.45. The van der Waals surface area contributed by atoms with Crippen LogP contribution in [0.15, 0.2) is 35.4 Å². The molecule has 1 aliphatic heterocycles. The molecule has 0 spiro atoms. The maximum absolute atomic E-state index is 14.7. The van der Waals surface area contributed by atoms with Crippen LogP contribution in [0.4, 0.5) is 17.6 Å². The molecule has 5 atom stereocenters. The molecule has 18 heteroatoms. The minimum atomic E-state index is -5.28. The van der Waals surface area contributed by atoms with E-state index in [-0.39, 0.29) is 5.56 Å². The first kappa shape index (κ1) is 28.5. The monoisotopic (exact) mass is 549 g/mol. The van der Waals surface area contributed by atoms with E-state index in [9.17, 15) is 35.6 Å². The van der Waals surface area contributed by atoms with Gasteiger partial charge in [-0.15, -0.1) is 11.6 Å². The van der Waals surface area contributed by atoms with Crippen LogP contribution in [0.2, 0.25) is 0 Å². The van der Waals surface area contributed by atoms with Crippen LogP contribution < -0.4 is 0 Å². The van der Waals surface area contributed by atoms with Gasteiger partial charge < -0.3 is 14.2 Å². The van der Waals surface area contributed by atoms with Gasteiger partial charge in [0.05, 0.1) is 12.2 Å². The van der Waals surface area contributed by atoms with Crippen LogP contribution >= 0.6 is 11.6 Å². The van der Waals surface area contributed by atoms with E-state index in [1.54, 1.807) is 6.07 Å². The van der Waals surface area contributed by atoms with E-state index in [0.29, 0.717) is 0 Å². The first-order valence-corrected chi connectivity index (χ1v) is 11.2. The Morgan fingerprint density at radius 3 is 2.37 bits per heavy atom. The fourth-order valence-electron chi connectivity index (χ4n) is 2.74. The Hall–Kier alpha value is -2.69. The van der Waals surface area contributed by atoms with Crippen molar-refractivity contribution in [2.75, 3.05) is 19.1 Å². The SMILES string of the molecule is [N-]=[N+]=N[C@H]1C(F)O[C@H](COS(=O)(=O)OCC(F)(F)F)[C@@H](OC(=O)CCl)[C@@H]1OC(=O)c1ccccc1. The van der Waals surface area contributed by atoms with Gasteiger partial charge in [-0.05, 0) is 17.7 Å². The van der Waals surface area contributed by atoms with Gasteiger partial charge in [0.1, 0.15) is 18.0 Å². The highest BCUT2D eigenvalue weighted by atomic mass is 35.5. The summed E-state index contributed by atoms with van der Waals surface area (Å²) in [6, 6.07) is 5.23. The Labute approximate surface area is 199 Å². The predicted molar refractivity (Wildman–Crippen MR) is 106 cm³/mol. The lowest BCUT2D eigenvalue weighted by atomic mass is 9.97. The summed E-state index contributed by atoms with van der Waals surface area (Å²) >= 11 is 5.40. The minimum Gasteiger partial charge on any atom is -0.455 e. The van der Waals surface area contributed by atoms with Gasteiger partial charge in [-0.1, -0.05) is 23.3 Å². The van der Waals surface area contributed by atoms with Crippen molar-refractivity contribution in [2.45, 2.75) is 36.9 Å². The number of carbonyl (C=O) groups is 2. The van der Waals surface area contributed by atoms with Gasteiger partial charge in [0.2, 0.25) is 6.36 Å². The molecule has 35 heavy (non-hydrogen) atoms. The third-order valence-corrected chi connectivity index (χ3v) is 5.21. The Bertz CT molecular complexity index is 1040. The molecule has 1 saturated heterocycles. The molecule has 0 bridgehead atoms. The van der Waals surface area contributed by atoms with Crippen LogP contribution in [0.25, 0.3) is 10.4 Å². The molecule has 0 aromatic heterocycles. The van der Waals surface area contributed by atoms with E-state index in [0.717, 1.165) is 0 Å². The summed E-state index contributed by atoms with van der Waals surface area (Å²) in [5.74, 6) is -3.00. The van der Waals surface area contributed by atoms with E-state index in [1.165, 1.54) is 24.3 Å². The number of ether oxygens (including phenoxy) is 3. The first-order chi connectivity index (χ1) is 16.4. The van der Waals surface area contributed by atoms with E-state index in [1.807, 2.05) is 0 Å². The summed E-state index contributed by atoms with van der Waals surface area (Å²) in [5, 5.41) is 3.15. The lowest BCUT2D eigenvalue weighted by Crippen LogP contribution is -2.59. The van der Waals surface area contributed by atoms with Crippen LogP contribution in [-0.2, 0) is 37.8 Å². The van der Waals surface area contributed by atoms with Gasteiger partial charge in [-0.25, -0.2) is 17.6 Å². The van der Waals surface area contributed by atoms with E-state index >= 15 is 0 Å². The highest BCUT2D eigenvalue weighted by molar-refractivity contribution is 7.81. The second-order valence-corrected chi connectivity index (χ2v) is 8.17. The van der Waals surface area contributed by atoms with E-state index < -0.39 is 78.3 Å². The standard InChI is InChI=1S/C17H16ClF4N3O9S/c18-6-11(26)33-13-10(7-30-35(28,29)31-8-17(20,21)22)32-15(19)12(24-25-23)14(13)34-16(27)9-4-2-1-3-5-9/h1-5,10,12-15H,6-8H2/t10-,12-,13-,14-,15?/m1/s1. The van der Waals surface area contributed by atoms with Gasteiger partial charge in [0.15, 0.2) is 18.8 Å². The van der Waals surface area contributed by atoms with Crippen molar-refractivity contribution in [3.05, 3.63) is 46.3 Å². The van der Waals surface area contributed by atoms with Crippen LogP contribution in [0.5, 0.6) is 0 Å². The van der Waals surface area contributed by atoms with Crippen LogP contribution in [0.3, 0.4) is 0 Å². The molecule has 1 unspecified atom stereocenters. The highest BCUT2D eigenvalue weighted by Gasteiger charge is 2.51. The number of halogens is 5. The lowest BCUT2D eigenvalue weighted by Gasteiger charge is -2.41. The summed E-state index contributed by atoms with van der Waals surface area (Å²) in [6.45, 7) is -3.46. The molecule has 1 aromatic rings. The number of hydrogen-bond donors (Lipinski definition) is 0. The third kappa shape index (κ3) is 8.79. The average molecular weight is 550 g/mol. The number of esters is 2. The molecule has 1 aromatic carbocycles. The number of hydrogen-bond acceptors (Lipinski definition) is 10. The fraction of sp³-hybridized carbons (Fsp3) is 0.529. The molecule has 1 fully saturated rings. The number of benzene rings is 1. The third-order valence-electron chi connectivity index (χ3n) is 4.16. The van der Waals surface area contributed by atoms with Crippen molar-refractivity contribution in [3.63, 3.8) is 0 Å². The topological polar surface area (TPSA) is 163 Å². The normalized spacial score (nSPS) is 24.8. The van der Waals surface area contributed by atoms with Gasteiger partial charge >= 0.3 is 28.5 Å². The van der Waals surface area contributed by atoms with Crippen molar-refractivity contribution in [3.8, 4) is 0 Å². The predicted octanol–water partition coefficient (Wildman–Crippen LogP) is 2.58. The van der Waals surface area contributed by atoms with Gasteiger partial charge in [0, 0.05) is 4.91 Å². The Morgan fingerprint density at radius 1 is 1.14 bits per heavy atom. The average Bonchev–Trinajstić information content (AvgIpc) is 2.80. The summed E-state index contributed by atoms with van der Waals surface area (Å²) < 4.78 is 97.6. The summed E-state index contributed by atoms with van der Waals surface area (Å²) in [5.41, 5.74) is 8.74. The van der Waals surface area contributed by atoms with Crippen molar-refractivity contribution in [1.29, 1.82) is 0 Å². The highest BCUT2D eigenvalue weighted by Crippen LogP contribution is 2.31. The van der Waals surface area contributed by atoms with E-state index in [4.69, 9.17) is 31.3 Å². The molecule has 0 radical (unpaired) electrons. The number of azide groups is 1. The van der Waals surface area contributed by atoms with Crippen molar-refractivity contribution in [2.24, 2.45) is 5.11 Å². The van der Waals surface area contributed by atoms with Crippen molar-refractivity contribution < 1.29 is 58.1 Å². The molecule has 0 aliphatic carbocycles. The summed E-state index contributed by atoms with van der Waals surface area (Å²) in [7, 11) is -5.28. The molecule has 12 nitrogen and oxygen atoms in total. The molecular weight excluding hydrogens is 534 g/mol. The minimum absolute atomic E-state index is 0.0348. The van der Waals surface area contributed by atoms with Gasteiger partial charge in [-0.3, -0.25) is 4.79 Å². The molecule has 1 heterocycles. The second-order valence-electron chi connectivity index (χ2n) is 6.62. The number of nitrogens with zero attached hydrogens (tertiary/aromatic N) is 3. The molecule has 0 saturated carbocycles. The Balaban J connectivity index is 2.32.